The van der Waals surface area contributed by atoms with E-state index in [0.29, 0.717) is 18.1 Å². The van der Waals surface area contributed by atoms with E-state index in [0.717, 1.165) is 21.7 Å². The summed E-state index contributed by atoms with van der Waals surface area (Å²) < 4.78 is 6.42. The van der Waals surface area contributed by atoms with Gasteiger partial charge in [-0.1, -0.05) is 18.2 Å². The van der Waals surface area contributed by atoms with Gasteiger partial charge in [0.2, 0.25) is 0 Å². The molecule has 0 N–H and O–H groups in total. The highest BCUT2D eigenvalue weighted by molar-refractivity contribution is 7.20. The van der Waals surface area contributed by atoms with Gasteiger partial charge in [-0.3, -0.25) is 9.78 Å². The number of nitrogens with zero attached hydrogens (tertiary/aromatic N) is 3. The summed E-state index contributed by atoms with van der Waals surface area (Å²) in [5, 5.41) is 0.476. The molecule has 0 aliphatic carbocycles. The molecule has 1 aromatic carbocycles. The number of carbonyl (C=O) groups is 1. The van der Waals surface area contributed by atoms with E-state index in [4.69, 9.17) is 4.42 Å². The van der Waals surface area contributed by atoms with Crippen molar-refractivity contribution in [1.29, 1.82) is 0 Å². The monoisotopic (exact) mass is 349 g/mol. The van der Waals surface area contributed by atoms with Crippen LogP contribution >= 0.6 is 11.3 Å². The predicted molar refractivity (Wildman–Crippen MR) is 96.1 cm³/mol. The Bertz CT molecular complexity index is 947. The second kappa shape index (κ2) is 6.86. The molecule has 25 heavy (non-hydrogen) atoms. The Kier molecular flexibility index (Phi) is 4.26. The molecule has 6 heteroatoms. The standard InChI is InChI=1S/C19H15N3O2S/c23-19(18-21-16-8-1-2-9-17(16)25-18)22(13-15-7-5-11-24-15)12-14-6-3-4-10-20-14/h1-11H,12-13H2. The molecule has 0 fully saturated rings. The maximum atomic E-state index is 13.0. The number of fused-ring (bicyclic) bond motifs is 1. The second-order valence-corrected chi connectivity index (χ2v) is 6.58. The molecular formula is C19H15N3O2S. The Morgan fingerprint density at radius 1 is 1.04 bits per heavy atom. The molecule has 0 unspecified atom stereocenters. The number of amides is 1. The fourth-order valence-corrected chi connectivity index (χ4v) is 3.51. The normalized spacial score (nSPS) is 10.9. The zero-order chi connectivity index (χ0) is 17.1. The number of pyridine rings is 1. The van der Waals surface area contributed by atoms with Crippen molar-refractivity contribution < 1.29 is 9.21 Å². The van der Waals surface area contributed by atoms with Gasteiger partial charge in [0.1, 0.15) is 5.76 Å². The summed E-state index contributed by atoms with van der Waals surface area (Å²) in [5.74, 6) is 0.605. The summed E-state index contributed by atoms with van der Waals surface area (Å²) in [4.78, 5) is 23.6. The van der Waals surface area contributed by atoms with Crippen molar-refractivity contribution in [2.45, 2.75) is 13.1 Å². The van der Waals surface area contributed by atoms with E-state index in [2.05, 4.69) is 9.97 Å². The van der Waals surface area contributed by atoms with Crippen molar-refractivity contribution in [2.24, 2.45) is 0 Å². The average Bonchev–Trinajstić information content (AvgIpc) is 3.30. The lowest BCUT2D eigenvalue weighted by Crippen LogP contribution is -2.30. The van der Waals surface area contributed by atoms with Crippen LogP contribution in [0.5, 0.6) is 0 Å². The lowest BCUT2D eigenvalue weighted by molar-refractivity contribution is 0.0715. The summed E-state index contributed by atoms with van der Waals surface area (Å²) in [5.41, 5.74) is 1.66. The van der Waals surface area contributed by atoms with Crippen LogP contribution in [-0.2, 0) is 13.1 Å². The Labute approximate surface area is 148 Å². The van der Waals surface area contributed by atoms with Crippen LogP contribution in [-0.4, -0.2) is 20.8 Å². The van der Waals surface area contributed by atoms with Gasteiger partial charge >= 0.3 is 0 Å². The first-order valence-corrected chi connectivity index (χ1v) is 8.68. The Hall–Kier alpha value is -2.99. The van der Waals surface area contributed by atoms with Crippen molar-refractivity contribution in [3.63, 3.8) is 0 Å². The lowest BCUT2D eigenvalue weighted by Gasteiger charge is -2.20. The Morgan fingerprint density at radius 3 is 2.68 bits per heavy atom. The fraction of sp³-hybridized carbons (Fsp3) is 0.105. The van der Waals surface area contributed by atoms with Gasteiger partial charge in [0, 0.05) is 6.20 Å². The number of carbonyl (C=O) groups excluding carboxylic acids is 1. The van der Waals surface area contributed by atoms with E-state index in [-0.39, 0.29) is 5.91 Å². The van der Waals surface area contributed by atoms with Gasteiger partial charge in [0.05, 0.1) is 35.3 Å². The summed E-state index contributed by atoms with van der Waals surface area (Å²) in [6.07, 6.45) is 3.33. The molecule has 124 valence electrons. The highest BCUT2D eigenvalue weighted by atomic mass is 32.1. The number of para-hydroxylation sites is 1. The van der Waals surface area contributed by atoms with Gasteiger partial charge in [0.25, 0.3) is 5.91 Å². The third kappa shape index (κ3) is 3.44. The highest BCUT2D eigenvalue weighted by Gasteiger charge is 2.21. The van der Waals surface area contributed by atoms with E-state index >= 15 is 0 Å². The van der Waals surface area contributed by atoms with Crippen LogP contribution in [0, 0.1) is 0 Å². The van der Waals surface area contributed by atoms with Crippen LogP contribution in [0.1, 0.15) is 21.3 Å². The Balaban J connectivity index is 1.64. The van der Waals surface area contributed by atoms with Crippen LogP contribution in [0.15, 0.2) is 71.5 Å². The molecule has 0 aliphatic rings. The van der Waals surface area contributed by atoms with Gasteiger partial charge in [-0.2, -0.15) is 0 Å². The van der Waals surface area contributed by atoms with E-state index in [9.17, 15) is 4.79 Å². The molecule has 0 radical (unpaired) electrons. The number of rotatable bonds is 5. The molecule has 4 aromatic rings. The summed E-state index contributed by atoms with van der Waals surface area (Å²) >= 11 is 1.40. The smallest absolute Gasteiger partial charge is 0.283 e. The van der Waals surface area contributed by atoms with Crippen LogP contribution in [0.2, 0.25) is 0 Å². The number of thiazole rings is 1. The van der Waals surface area contributed by atoms with Crippen molar-refractivity contribution in [3.05, 3.63) is 83.5 Å². The van der Waals surface area contributed by atoms with Gasteiger partial charge in [0.15, 0.2) is 5.01 Å². The van der Waals surface area contributed by atoms with Crippen LogP contribution < -0.4 is 0 Å². The van der Waals surface area contributed by atoms with E-state index in [1.54, 1.807) is 17.4 Å². The van der Waals surface area contributed by atoms with Crippen molar-refractivity contribution in [2.75, 3.05) is 0 Å². The molecule has 0 bridgehead atoms. The number of hydrogen-bond acceptors (Lipinski definition) is 5. The summed E-state index contributed by atoms with van der Waals surface area (Å²) in [6, 6.07) is 17.1. The topological polar surface area (TPSA) is 59.2 Å². The SMILES string of the molecule is O=C(c1nc2ccccc2s1)N(Cc1ccccn1)Cc1ccco1. The molecule has 4 rings (SSSR count). The first-order chi connectivity index (χ1) is 12.3. The van der Waals surface area contributed by atoms with E-state index in [1.165, 1.54) is 11.3 Å². The zero-order valence-corrected chi connectivity index (χ0v) is 14.1. The maximum Gasteiger partial charge on any atom is 0.283 e. The zero-order valence-electron chi connectivity index (χ0n) is 13.3. The van der Waals surface area contributed by atoms with Crippen LogP contribution in [0.25, 0.3) is 10.2 Å². The molecular weight excluding hydrogens is 334 g/mol. The number of furan rings is 1. The van der Waals surface area contributed by atoms with Crippen molar-refractivity contribution in [3.8, 4) is 0 Å². The van der Waals surface area contributed by atoms with Gasteiger partial charge < -0.3 is 9.32 Å². The molecule has 3 aromatic heterocycles. The van der Waals surface area contributed by atoms with Crippen LogP contribution in [0.3, 0.4) is 0 Å². The summed E-state index contributed by atoms with van der Waals surface area (Å²) in [6.45, 7) is 0.772. The van der Waals surface area contributed by atoms with Gasteiger partial charge in [-0.25, -0.2) is 4.98 Å². The molecule has 0 saturated heterocycles. The molecule has 3 heterocycles. The molecule has 0 atom stereocenters. The molecule has 0 aliphatic heterocycles. The van der Waals surface area contributed by atoms with Gasteiger partial charge in [-0.05, 0) is 36.4 Å². The molecule has 1 amide bonds. The fourth-order valence-electron chi connectivity index (χ4n) is 2.58. The summed E-state index contributed by atoms with van der Waals surface area (Å²) in [7, 11) is 0. The lowest BCUT2D eigenvalue weighted by atomic mass is 10.3. The maximum absolute atomic E-state index is 13.0. The first-order valence-electron chi connectivity index (χ1n) is 7.87. The molecule has 0 spiro atoms. The number of benzene rings is 1. The third-order valence-electron chi connectivity index (χ3n) is 3.77. The second-order valence-electron chi connectivity index (χ2n) is 5.55. The van der Waals surface area contributed by atoms with Crippen LogP contribution in [0.4, 0.5) is 0 Å². The van der Waals surface area contributed by atoms with E-state index in [1.807, 2.05) is 54.6 Å². The van der Waals surface area contributed by atoms with Crippen molar-refractivity contribution >= 4 is 27.5 Å². The predicted octanol–water partition coefficient (Wildman–Crippen LogP) is 4.13. The Morgan fingerprint density at radius 2 is 1.92 bits per heavy atom. The quantitative estimate of drug-likeness (QED) is 0.544. The molecule has 0 saturated carbocycles. The minimum Gasteiger partial charge on any atom is -0.467 e. The number of hydrogen-bond donors (Lipinski definition) is 0. The highest BCUT2D eigenvalue weighted by Crippen LogP contribution is 2.24. The molecule has 5 nitrogen and oxygen atoms in total. The average molecular weight is 349 g/mol. The third-order valence-corrected chi connectivity index (χ3v) is 4.79. The number of aromatic nitrogens is 2. The minimum absolute atomic E-state index is 0.122. The minimum atomic E-state index is -0.122. The van der Waals surface area contributed by atoms with E-state index < -0.39 is 0 Å². The largest absolute Gasteiger partial charge is 0.467 e. The first kappa shape index (κ1) is 15.5. The van der Waals surface area contributed by atoms with Gasteiger partial charge in [-0.15, -0.1) is 11.3 Å². The van der Waals surface area contributed by atoms with Crippen molar-refractivity contribution in [1.82, 2.24) is 14.9 Å².